The van der Waals surface area contributed by atoms with Gasteiger partial charge in [-0.1, -0.05) is 11.2 Å². The summed E-state index contributed by atoms with van der Waals surface area (Å²) in [6, 6.07) is 5.28. The molecule has 2 amide bonds. The highest BCUT2D eigenvalue weighted by Crippen LogP contribution is 2.08. The zero-order chi connectivity index (χ0) is 13.2. The Morgan fingerprint density at radius 1 is 1.44 bits per heavy atom. The molecule has 0 heterocycles. The molecule has 0 fully saturated rings. The van der Waals surface area contributed by atoms with Gasteiger partial charge in [0.25, 0.3) is 0 Å². The van der Waals surface area contributed by atoms with Gasteiger partial charge in [-0.05, 0) is 36.6 Å². The number of anilines is 1. The van der Waals surface area contributed by atoms with Crippen molar-refractivity contribution in [2.45, 2.75) is 12.8 Å². The number of unbranched alkanes of at least 4 members (excludes halogenated alkanes) is 1. The molecule has 6 nitrogen and oxygen atoms in total. The third-order valence-corrected chi connectivity index (χ3v) is 2.12. The molecule has 0 saturated heterocycles. The van der Waals surface area contributed by atoms with E-state index in [0.717, 1.165) is 6.42 Å². The first kappa shape index (κ1) is 13.8. The number of azide groups is 1. The summed E-state index contributed by atoms with van der Waals surface area (Å²) in [6.45, 7) is 0.895. The van der Waals surface area contributed by atoms with E-state index < -0.39 is 5.82 Å². The molecule has 0 radical (unpaired) electrons. The number of urea groups is 1. The minimum atomic E-state index is -0.401. The summed E-state index contributed by atoms with van der Waals surface area (Å²) in [5.74, 6) is -0.401. The monoisotopic (exact) mass is 251 g/mol. The zero-order valence-electron chi connectivity index (χ0n) is 9.77. The maximum Gasteiger partial charge on any atom is 0.319 e. The standard InChI is InChI=1S/C11H14FN5O/c12-9-4-3-5-10(8-9)16-11(18)14-6-1-2-7-15-17-13/h3-5,8H,1-2,6-7H2,(H2,14,16,18). The van der Waals surface area contributed by atoms with Crippen LogP contribution in [0.4, 0.5) is 14.9 Å². The summed E-state index contributed by atoms with van der Waals surface area (Å²) in [5, 5.41) is 8.51. The van der Waals surface area contributed by atoms with Gasteiger partial charge < -0.3 is 10.6 Å². The Balaban J connectivity index is 2.19. The van der Waals surface area contributed by atoms with Crippen LogP contribution in [-0.2, 0) is 0 Å². The molecule has 0 spiro atoms. The van der Waals surface area contributed by atoms with Gasteiger partial charge in [-0.25, -0.2) is 9.18 Å². The molecule has 0 bridgehead atoms. The van der Waals surface area contributed by atoms with Crippen molar-refractivity contribution in [2.75, 3.05) is 18.4 Å². The van der Waals surface area contributed by atoms with Crippen LogP contribution >= 0.6 is 0 Å². The molecule has 1 rings (SSSR count). The topological polar surface area (TPSA) is 89.9 Å². The Morgan fingerprint density at radius 3 is 3.00 bits per heavy atom. The van der Waals surface area contributed by atoms with Crippen molar-refractivity contribution in [3.05, 3.63) is 40.5 Å². The van der Waals surface area contributed by atoms with E-state index in [2.05, 4.69) is 20.7 Å². The molecule has 0 aromatic heterocycles. The van der Waals surface area contributed by atoms with E-state index in [1.807, 2.05) is 0 Å². The Bertz CT molecular complexity index is 445. The average Bonchev–Trinajstić information content (AvgIpc) is 2.33. The second kappa shape index (κ2) is 7.92. The van der Waals surface area contributed by atoms with Crippen LogP contribution in [-0.4, -0.2) is 19.1 Å². The van der Waals surface area contributed by atoms with Crippen molar-refractivity contribution in [3.63, 3.8) is 0 Å². The van der Waals surface area contributed by atoms with E-state index in [9.17, 15) is 9.18 Å². The molecule has 2 N–H and O–H groups in total. The smallest absolute Gasteiger partial charge is 0.319 e. The SMILES string of the molecule is [N-]=[N+]=NCCCCNC(=O)Nc1cccc(F)c1. The maximum atomic E-state index is 12.8. The Morgan fingerprint density at radius 2 is 2.28 bits per heavy atom. The molecule has 0 unspecified atom stereocenters. The van der Waals surface area contributed by atoms with Crippen LogP contribution in [0.3, 0.4) is 0 Å². The number of benzene rings is 1. The molecule has 0 aliphatic heterocycles. The Kier molecular flexibility index (Phi) is 6.07. The molecule has 0 aliphatic carbocycles. The minimum Gasteiger partial charge on any atom is -0.338 e. The molecule has 7 heteroatoms. The van der Waals surface area contributed by atoms with E-state index in [1.165, 1.54) is 18.2 Å². The predicted octanol–water partition coefficient (Wildman–Crippen LogP) is 3.04. The van der Waals surface area contributed by atoms with Crippen molar-refractivity contribution >= 4 is 11.7 Å². The van der Waals surface area contributed by atoms with Crippen LogP contribution in [0.1, 0.15) is 12.8 Å². The molecular formula is C11H14FN5O. The van der Waals surface area contributed by atoms with Crippen LogP contribution in [0.2, 0.25) is 0 Å². The molecule has 0 atom stereocenters. The van der Waals surface area contributed by atoms with Crippen molar-refractivity contribution in [1.29, 1.82) is 0 Å². The number of hydrogen-bond acceptors (Lipinski definition) is 2. The second-order valence-electron chi connectivity index (χ2n) is 3.55. The van der Waals surface area contributed by atoms with E-state index >= 15 is 0 Å². The average molecular weight is 251 g/mol. The largest absolute Gasteiger partial charge is 0.338 e. The third kappa shape index (κ3) is 5.72. The fourth-order valence-electron chi connectivity index (χ4n) is 1.30. The quantitative estimate of drug-likeness (QED) is 0.346. The summed E-state index contributed by atoms with van der Waals surface area (Å²) in [5.41, 5.74) is 8.45. The zero-order valence-corrected chi connectivity index (χ0v) is 9.77. The second-order valence-corrected chi connectivity index (χ2v) is 3.55. The number of carbonyl (C=O) groups excluding carboxylic acids is 1. The normalized spacial score (nSPS) is 9.39. The maximum absolute atomic E-state index is 12.8. The van der Waals surface area contributed by atoms with Crippen LogP contribution in [0.15, 0.2) is 29.4 Å². The summed E-state index contributed by atoms with van der Waals surface area (Å²) >= 11 is 0. The van der Waals surface area contributed by atoms with Crippen molar-refractivity contribution in [3.8, 4) is 0 Å². The van der Waals surface area contributed by atoms with Gasteiger partial charge in [0.15, 0.2) is 0 Å². The highest BCUT2D eigenvalue weighted by atomic mass is 19.1. The van der Waals surface area contributed by atoms with Crippen LogP contribution in [0.25, 0.3) is 10.4 Å². The molecule has 0 saturated carbocycles. The van der Waals surface area contributed by atoms with E-state index in [-0.39, 0.29) is 6.03 Å². The lowest BCUT2D eigenvalue weighted by molar-refractivity contribution is 0.252. The number of hydrogen-bond donors (Lipinski definition) is 2. The molecule has 96 valence electrons. The lowest BCUT2D eigenvalue weighted by Gasteiger charge is -2.07. The third-order valence-electron chi connectivity index (χ3n) is 2.12. The number of nitrogens with zero attached hydrogens (tertiary/aromatic N) is 3. The summed E-state index contributed by atoms with van der Waals surface area (Å²) in [4.78, 5) is 14.0. The van der Waals surface area contributed by atoms with Gasteiger partial charge in [0.05, 0.1) is 0 Å². The number of carbonyl (C=O) groups is 1. The van der Waals surface area contributed by atoms with Crippen molar-refractivity contribution in [1.82, 2.24) is 5.32 Å². The molecule has 1 aromatic rings. The van der Waals surface area contributed by atoms with Crippen molar-refractivity contribution < 1.29 is 9.18 Å². The Labute approximate surface area is 104 Å². The van der Waals surface area contributed by atoms with Gasteiger partial charge in [-0.2, -0.15) is 0 Å². The highest BCUT2D eigenvalue weighted by molar-refractivity contribution is 5.89. The van der Waals surface area contributed by atoms with E-state index in [1.54, 1.807) is 6.07 Å². The molecule has 0 aliphatic rings. The predicted molar refractivity (Wildman–Crippen MR) is 66.7 cm³/mol. The van der Waals surface area contributed by atoms with E-state index in [0.29, 0.717) is 25.2 Å². The van der Waals surface area contributed by atoms with Gasteiger partial charge in [0.2, 0.25) is 0 Å². The van der Waals surface area contributed by atoms with Gasteiger partial charge in [0, 0.05) is 23.7 Å². The van der Waals surface area contributed by atoms with Gasteiger partial charge in [-0.3, -0.25) is 0 Å². The highest BCUT2D eigenvalue weighted by Gasteiger charge is 2.01. The van der Waals surface area contributed by atoms with Gasteiger partial charge >= 0.3 is 6.03 Å². The van der Waals surface area contributed by atoms with Crippen LogP contribution in [0, 0.1) is 5.82 Å². The van der Waals surface area contributed by atoms with Gasteiger partial charge in [-0.15, -0.1) is 0 Å². The van der Waals surface area contributed by atoms with Gasteiger partial charge in [0.1, 0.15) is 5.82 Å². The first-order chi connectivity index (χ1) is 8.72. The minimum absolute atomic E-state index is 0.385. The van der Waals surface area contributed by atoms with E-state index in [4.69, 9.17) is 5.53 Å². The fourth-order valence-corrected chi connectivity index (χ4v) is 1.30. The van der Waals surface area contributed by atoms with Crippen LogP contribution < -0.4 is 10.6 Å². The Hall–Kier alpha value is -2.27. The molecule has 1 aromatic carbocycles. The number of amides is 2. The summed E-state index contributed by atoms with van der Waals surface area (Å²) in [6.07, 6.45) is 1.43. The lowest BCUT2D eigenvalue weighted by Crippen LogP contribution is -2.29. The first-order valence-corrected chi connectivity index (χ1v) is 5.53. The summed E-state index contributed by atoms with van der Waals surface area (Å²) < 4.78 is 12.8. The molecular weight excluding hydrogens is 237 g/mol. The first-order valence-electron chi connectivity index (χ1n) is 5.53. The number of halogens is 1. The fraction of sp³-hybridized carbons (Fsp3) is 0.364. The molecule has 18 heavy (non-hydrogen) atoms. The van der Waals surface area contributed by atoms with Crippen LogP contribution in [0.5, 0.6) is 0 Å². The van der Waals surface area contributed by atoms with Crippen molar-refractivity contribution in [2.24, 2.45) is 5.11 Å². The lowest BCUT2D eigenvalue weighted by atomic mass is 10.3. The summed E-state index contributed by atoms with van der Waals surface area (Å²) in [7, 11) is 0. The number of rotatable bonds is 6. The number of nitrogens with one attached hydrogen (secondary N) is 2.